The van der Waals surface area contributed by atoms with Crippen LogP contribution in [0.4, 0.5) is 22.7 Å². The second-order valence-electron chi connectivity index (χ2n) is 13.8. The maximum absolute atomic E-state index is 16.3. The Morgan fingerprint density at radius 2 is 0.826 bits per heavy atom. The number of fused-ring (bicyclic) bond motifs is 7. The van der Waals surface area contributed by atoms with Gasteiger partial charge in [-0.25, -0.2) is 0 Å². The number of para-hydroxylation sites is 2. The lowest BCUT2D eigenvalue weighted by Crippen LogP contribution is -2.27. The summed E-state index contributed by atoms with van der Waals surface area (Å²) in [6.07, 6.45) is 0. The normalized spacial score (nSPS) is 17.2. The zero-order chi connectivity index (χ0) is 31.4. The quantitative estimate of drug-likeness (QED) is 0.185. The van der Waals surface area contributed by atoms with Crippen molar-refractivity contribution in [1.29, 1.82) is 0 Å². The van der Waals surface area contributed by atoms with Gasteiger partial charge in [0.05, 0.1) is 16.7 Å². The van der Waals surface area contributed by atoms with E-state index in [1.807, 2.05) is 30.3 Å². The van der Waals surface area contributed by atoms with Crippen LogP contribution in [0.1, 0.15) is 49.9 Å². The highest BCUT2D eigenvalue weighted by Crippen LogP contribution is 2.70. The molecule has 46 heavy (non-hydrogen) atoms. The predicted octanol–water partition coefficient (Wildman–Crippen LogP) is 11.1. The monoisotopic (exact) mass is 614 g/mol. The summed E-state index contributed by atoms with van der Waals surface area (Å²) in [5.41, 5.74) is 13.7. The van der Waals surface area contributed by atoms with Gasteiger partial charge in [0, 0.05) is 22.2 Å². The highest BCUT2D eigenvalue weighted by Gasteiger charge is 2.50. The van der Waals surface area contributed by atoms with E-state index >= 15 is 4.57 Å². The van der Waals surface area contributed by atoms with Crippen molar-refractivity contribution in [2.75, 3.05) is 9.34 Å². The summed E-state index contributed by atoms with van der Waals surface area (Å²) in [6, 6.07) is 49.1. The minimum absolute atomic E-state index is 0.168. The van der Waals surface area contributed by atoms with E-state index in [4.69, 9.17) is 0 Å². The van der Waals surface area contributed by atoms with Crippen LogP contribution in [0.15, 0.2) is 140 Å². The van der Waals surface area contributed by atoms with E-state index in [0.717, 1.165) is 28.1 Å². The number of benzene rings is 6. The number of hydrogen-bond acceptors (Lipinski definition) is 1. The van der Waals surface area contributed by atoms with E-state index in [9.17, 15) is 0 Å². The summed E-state index contributed by atoms with van der Waals surface area (Å²) in [6.45, 7) is 9.19. The molecule has 0 unspecified atom stereocenters. The smallest absolute Gasteiger partial charge is 0.270 e. The molecule has 0 aromatic heterocycles. The van der Waals surface area contributed by atoms with Crippen molar-refractivity contribution in [3.63, 3.8) is 0 Å². The molecule has 6 aromatic carbocycles. The molecule has 0 N–H and O–H groups in total. The molecule has 3 nitrogen and oxygen atoms in total. The van der Waals surface area contributed by atoms with E-state index in [-0.39, 0.29) is 10.8 Å². The van der Waals surface area contributed by atoms with Crippen LogP contribution in [0, 0.1) is 0 Å². The van der Waals surface area contributed by atoms with Crippen LogP contribution in [0.3, 0.4) is 0 Å². The van der Waals surface area contributed by atoms with Crippen LogP contribution >= 0.6 is 7.44 Å². The van der Waals surface area contributed by atoms with Crippen molar-refractivity contribution in [3.8, 4) is 22.3 Å². The van der Waals surface area contributed by atoms with Gasteiger partial charge in [0.25, 0.3) is 0 Å². The molecule has 0 radical (unpaired) electrons. The Balaban J connectivity index is 1.28. The first-order valence-electron chi connectivity index (χ1n) is 16.1. The van der Waals surface area contributed by atoms with Crippen molar-refractivity contribution in [2.45, 2.75) is 38.5 Å². The highest BCUT2D eigenvalue weighted by atomic mass is 31.2. The van der Waals surface area contributed by atoms with Gasteiger partial charge >= 0.3 is 7.44 Å². The molecule has 0 bridgehead atoms. The fourth-order valence-electron chi connectivity index (χ4n) is 8.30. The highest BCUT2D eigenvalue weighted by molar-refractivity contribution is 7.76. The molecule has 1 heterocycles. The molecule has 6 aromatic rings. The minimum Gasteiger partial charge on any atom is -0.270 e. The van der Waals surface area contributed by atoms with Crippen LogP contribution in [0.5, 0.6) is 0 Å². The SMILES string of the molecule is CC1(C)c2ccccc2-c2ccc(N3c4ccccc4N(c4ccc5c(c4)C(C)(C)c4ccccc4-5)P3(=O)c3ccccc3)cc21. The molecule has 2 aliphatic carbocycles. The molecular formula is C42H35N2OP. The van der Waals surface area contributed by atoms with Crippen molar-refractivity contribution in [2.24, 2.45) is 0 Å². The number of anilines is 4. The second kappa shape index (κ2) is 9.34. The van der Waals surface area contributed by atoms with Gasteiger partial charge in [0.15, 0.2) is 0 Å². The van der Waals surface area contributed by atoms with Gasteiger partial charge in [0.1, 0.15) is 0 Å². The Labute approximate surface area is 271 Å². The summed E-state index contributed by atoms with van der Waals surface area (Å²) in [5, 5.41) is 0.803. The van der Waals surface area contributed by atoms with E-state index in [0.29, 0.717) is 0 Å². The molecular weight excluding hydrogens is 579 g/mol. The van der Waals surface area contributed by atoms with Gasteiger partial charge in [-0.15, -0.1) is 0 Å². The summed E-state index contributed by atoms with van der Waals surface area (Å²) in [5.74, 6) is 0. The number of hydrogen-bond donors (Lipinski definition) is 0. The third-order valence-electron chi connectivity index (χ3n) is 10.6. The second-order valence-corrected chi connectivity index (χ2v) is 16.2. The molecule has 0 saturated carbocycles. The third kappa shape index (κ3) is 3.47. The average Bonchev–Trinajstić information content (AvgIpc) is 3.59. The zero-order valence-electron chi connectivity index (χ0n) is 26.5. The third-order valence-corrected chi connectivity index (χ3v) is 13.5. The van der Waals surface area contributed by atoms with Crippen LogP contribution in [-0.4, -0.2) is 0 Å². The van der Waals surface area contributed by atoms with Gasteiger partial charge in [-0.05, 0) is 93.0 Å². The largest absolute Gasteiger partial charge is 0.301 e. The lowest BCUT2D eigenvalue weighted by molar-refractivity contribution is 0.582. The molecule has 0 spiro atoms. The molecule has 9 rings (SSSR count). The average molecular weight is 615 g/mol. The topological polar surface area (TPSA) is 23.6 Å². The van der Waals surface area contributed by atoms with Crippen LogP contribution < -0.4 is 14.6 Å². The molecule has 3 aliphatic rings. The van der Waals surface area contributed by atoms with Gasteiger partial charge < -0.3 is 0 Å². The predicted molar refractivity (Wildman–Crippen MR) is 192 cm³/mol. The summed E-state index contributed by atoms with van der Waals surface area (Å²) >= 11 is 0. The molecule has 4 heteroatoms. The van der Waals surface area contributed by atoms with Crippen LogP contribution in [0.2, 0.25) is 0 Å². The molecule has 0 atom stereocenters. The van der Waals surface area contributed by atoms with Gasteiger partial charge in [-0.1, -0.05) is 119 Å². The maximum atomic E-state index is 16.3. The van der Waals surface area contributed by atoms with Crippen LogP contribution in [0.25, 0.3) is 22.3 Å². The Morgan fingerprint density at radius 1 is 0.435 bits per heavy atom. The first-order valence-corrected chi connectivity index (χ1v) is 17.7. The first-order chi connectivity index (χ1) is 22.2. The van der Waals surface area contributed by atoms with E-state index in [2.05, 4.69) is 146 Å². The Morgan fingerprint density at radius 3 is 1.30 bits per heavy atom. The Hall–Kier alpha value is -4.85. The van der Waals surface area contributed by atoms with Gasteiger partial charge in [-0.2, -0.15) is 0 Å². The minimum atomic E-state index is -3.48. The van der Waals surface area contributed by atoms with E-state index in [1.54, 1.807) is 0 Å². The number of rotatable bonds is 3. The number of nitrogens with zero attached hydrogens (tertiary/aromatic N) is 2. The maximum Gasteiger partial charge on any atom is 0.301 e. The first kappa shape index (κ1) is 27.5. The lowest BCUT2D eigenvalue weighted by Gasteiger charge is -2.34. The molecule has 0 amide bonds. The summed E-state index contributed by atoms with van der Waals surface area (Å²) < 4.78 is 20.6. The fourth-order valence-corrected chi connectivity index (χ4v) is 11.3. The summed E-state index contributed by atoms with van der Waals surface area (Å²) in [7, 11) is -3.48. The molecule has 1 aliphatic heterocycles. The fraction of sp³-hybridized carbons (Fsp3) is 0.143. The van der Waals surface area contributed by atoms with Crippen molar-refractivity contribution in [3.05, 3.63) is 162 Å². The molecule has 0 fully saturated rings. The van der Waals surface area contributed by atoms with Crippen molar-refractivity contribution >= 4 is 35.5 Å². The Kier molecular flexibility index (Phi) is 5.58. The molecule has 0 saturated heterocycles. The summed E-state index contributed by atoms with van der Waals surface area (Å²) in [4.78, 5) is 0. The lowest BCUT2D eigenvalue weighted by atomic mass is 9.82. The standard InChI is InChI=1S/C42H35N2OP/c1-41(2)35-18-10-8-16-31(35)33-24-22-28(26-37(33)41)43-39-20-12-13-21-40(39)44(46(43,45)30-14-6-5-7-15-30)29-23-25-34-32-17-9-11-19-36(32)42(3,4)38(34)27-29/h5-27H,1-4H3. The van der Waals surface area contributed by atoms with Crippen molar-refractivity contribution in [1.82, 2.24) is 0 Å². The van der Waals surface area contributed by atoms with E-state index in [1.165, 1.54) is 44.5 Å². The Bertz CT molecular complexity index is 2130. The molecule has 224 valence electrons. The van der Waals surface area contributed by atoms with E-state index < -0.39 is 7.44 Å². The van der Waals surface area contributed by atoms with Crippen LogP contribution in [-0.2, 0) is 15.4 Å². The van der Waals surface area contributed by atoms with Gasteiger partial charge in [0.2, 0.25) is 0 Å². The zero-order valence-corrected chi connectivity index (χ0v) is 27.4. The van der Waals surface area contributed by atoms with Gasteiger partial charge in [-0.3, -0.25) is 13.9 Å². The van der Waals surface area contributed by atoms with Crippen molar-refractivity contribution < 1.29 is 4.57 Å².